The van der Waals surface area contributed by atoms with E-state index in [2.05, 4.69) is 22.3 Å². The zero-order chi connectivity index (χ0) is 31.1. The molecule has 3 fully saturated rings. The van der Waals surface area contributed by atoms with Crippen molar-refractivity contribution in [1.29, 1.82) is 0 Å². The lowest BCUT2D eigenvalue weighted by Crippen LogP contribution is -2.50. The van der Waals surface area contributed by atoms with Crippen LogP contribution in [0.1, 0.15) is 54.4 Å². The number of rotatable bonds is 11. The molecule has 0 aromatic heterocycles. The predicted octanol–water partition coefficient (Wildman–Crippen LogP) is 4.74. The number of methoxy groups -OCH3 is 2. The molecule has 11 heteroatoms. The van der Waals surface area contributed by atoms with Gasteiger partial charge in [-0.25, -0.2) is 4.79 Å². The first-order chi connectivity index (χ1) is 21.3. The van der Waals surface area contributed by atoms with Gasteiger partial charge in [-0.3, -0.25) is 24.7 Å². The van der Waals surface area contributed by atoms with Crippen molar-refractivity contribution in [3.63, 3.8) is 0 Å². The van der Waals surface area contributed by atoms with Crippen LogP contribution in [-0.2, 0) is 20.8 Å². The van der Waals surface area contributed by atoms with Crippen LogP contribution in [0, 0.1) is 5.92 Å². The van der Waals surface area contributed by atoms with Gasteiger partial charge in [0.1, 0.15) is 5.75 Å². The minimum atomic E-state index is -0.536. The molecule has 0 saturated carbocycles. The fourth-order valence-electron chi connectivity index (χ4n) is 6.28. The second kappa shape index (κ2) is 14.7. The number of imide groups is 1. The number of halogens is 1. The van der Waals surface area contributed by atoms with E-state index in [1.165, 1.54) is 23.3 Å². The SMILES string of the molecule is COc1ccc(CN2CCC(CCOCC3(OC)CCN(C(=O)c4ccc(Cl)c(N5CCC(=O)NC5=O)c4)CC3)CC2)cc1. The lowest BCUT2D eigenvalue weighted by atomic mass is 9.91. The maximum atomic E-state index is 13.4. The molecule has 0 atom stereocenters. The van der Waals surface area contributed by atoms with E-state index in [0.29, 0.717) is 61.3 Å². The Morgan fingerprint density at radius 2 is 1.73 bits per heavy atom. The summed E-state index contributed by atoms with van der Waals surface area (Å²) in [5, 5.41) is 2.64. The highest BCUT2D eigenvalue weighted by molar-refractivity contribution is 6.34. The number of hydrogen-bond donors (Lipinski definition) is 1. The summed E-state index contributed by atoms with van der Waals surface area (Å²) < 4.78 is 17.4. The quantitative estimate of drug-likeness (QED) is 0.360. The van der Waals surface area contributed by atoms with Crippen molar-refractivity contribution in [2.75, 3.05) is 65.1 Å². The minimum Gasteiger partial charge on any atom is -0.497 e. The standard InChI is InChI=1S/C33H43ClN4O6/c1-42-27-6-3-25(4-7-27)22-36-15-9-24(10-16-36)12-20-44-23-33(43-2)13-18-37(19-14-33)31(40)26-5-8-28(34)29(21-26)38-17-11-30(39)35-32(38)41/h3-8,21,24H,9-20,22-23H2,1-2H3,(H,35,39,41). The fraction of sp³-hybridized carbons (Fsp3) is 0.545. The van der Waals surface area contributed by atoms with E-state index in [1.54, 1.807) is 32.4 Å². The van der Waals surface area contributed by atoms with Gasteiger partial charge in [0.05, 0.1) is 30.0 Å². The average molecular weight is 627 g/mol. The van der Waals surface area contributed by atoms with Crippen LogP contribution in [0.3, 0.4) is 0 Å². The van der Waals surface area contributed by atoms with Gasteiger partial charge in [-0.1, -0.05) is 23.7 Å². The topological polar surface area (TPSA) is 101 Å². The molecule has 2 aromatic carbocycles. The van der Waals surface area contributed by atoms with Crippen LogP contribution < -0.4 is 15.0 Å². The van der Waals surface area contributed by atoms with E-state index in [9.17, 15) is 14.4 Å². The van der Waals surface area contributed by atoms with Gasteiger partial charge < -0.3 is 19.1 Å². The number of nitrogens with one attached hydrogen (secondary N) is 1. The fourth-order valence-corrected chi connectivity index (χ4v) is 6.50. The van der Waals surface area contributed by atoms with Crippen LogP contribution in [0.15, 0.2) is 42.5 Å². The maximum absolute atomic E-state index is 13.4. The van der Waals surface area contributed by atoms with Gasteiger partial charge in [0.15, 0.2) is 0 Å². The summed E-state index contributed by atoms with van der Waals surface area (Å²) in [6.45, 7) is 5.69. The van der Waals surface area contributed by atoms with Crippen molar-refractivity contribution < 1.29 is 28.6 Å². The molecule has 1 N–H and O–H groups in total. The van der Waals surface area contributed by atoms with Crippen molar-refractivity contribution in [3.05, 3.63) is 58.6 Å². The Morgan fingerprint density at radius 3 is 2.39 bits per heavy atom. The molecule has 3 heterocycles. The van der Waals surface area contributed by atoms with Crippen molar-refractivity contribution in [3.8, 4) is 5.75 Å². The molecule has 3 aliphatic heterocycles. The first kappa shape index (κ1) is 32.2. The third kappa shape index (κ3) is 7.90. The monoisotopic (exact) mass is 626 g/mol. The van der Waals surface area contributed by atoms with Gasteiger partial charge in [-0.2, -0.15) is 0 Å². The number of hydrogen-bond acceptors (Lipinski definition) is 7. The number of piperidine rings is 2. The number of benzene rings is 2. The largest absolute Gasteiger partial charge is 0.497 e. The summed E-state index contributed by atoms with van der Waals surface area (Å²) in [4.78, 5) is 43.0. The molecule has 2 aromatic rings. The summed E-state index contributed by atoms with van der Waals surface area (Å²) in [7, 11) is 3.41. The second-order valence-electron chi connectivity index (χ2n) is 12.0. The number of anilines is 1. The third-order valence-corrected chi connectivity index (χ3v) is 9.56. The number of nitrogens with zero attached hydrogens (tertiary/aromatic N) is 3. The van der Waals surface area contributed by atoms with E-state index < -0.39 is 11.6 Å². The molecular formula is C33H43ClN4O6. The maximum Gasteiger partial charge on any atom is 0.328 e. The predicted molar refractivity (Wildman–Crippen MR) is 168 cm³/mol. The highest BCUT2D eigenvalue weighted by atomic mass is 35.5. The van der Waals surface area contributed by atoms with Crippen molar-refractivity contribution in [2.24, 2.45) is 5.92 Å². The number of carbonyl (C=O) groups is 3. The highest BCUT2D eigenvalue weighted by Gasteiger charge is 2.37. The molecule has 0 bridgehead atoms. The van der Waals surface area contributed by atoms with Gasteiger partial charge in [0.25, 0.3) is 5.91 Å². The van der Waals surface area contributed by atoms with Crippen molar-refractivity contribution >= 4 is 35.1 Å². The number of likely N-dealkylation sites (tertiary alicyclic amines) is 2. The zero-order valence-corrected chi connectivity index (χ0v) is 26.4. The molecule has 3 saturated heterocycles. The van der Waals surface area contributed by atoms with Gasteiger partial charge in [-0.05, 0) is 87.0 Å². The normalized spacial score (nSPS) is 19.6. The van der Waals surface area contributed by atoms with Crippen LogP contribution in [0.2, 0.25) is 5.02 Å². The minimum absolute atomic E-state index is 0.125. The van der Waals surface area contributed by atoms with Crippen LogP contribution in [0.4, 0.5) is 10.5 Å². The van der Waals surface area contributed by atoms with E-state index in [0.717, 1.165) is 31.8 Å². The van der Waals surface area contributed by atoms with E-state index in [4.69, 9.17) is 25.8 Å². The lowest BCUT2D eigenvalue weighted by molar-refractivity contribution is -0.120. The first-order valence-corrected chi connectivity index (χ1v) is 15.9. The molecule has 0 aliphatic carbocycles. The number of carbonyl (C=O) groups excluding carboxylic acids is 3. The molecule has 238 valence electrons. The van der Waals surface area contributed by atoms with Crippen molar-refractivity contribution in [2.45, 2.75) is 50.7 Å². The molecule has 10 nitrogen and oxygen atoms in total. The lowest BCUT2D eigenvalue weighted by Gasteiger charge is -2.40. The summed E-state index contributed by atoms with van der Waals surface area (Å²) >= 11 is 6.37. The molecule has 3 aliphatic rings. The smallest absolute Gasteiger partial charge is 0.328 e. The third-order valence-electron chi connectivity index (χ3n) is 9.24. The number of ether oxygens (including phenoxy) is 3. The van der Waals surface area contributed by atoms with Crippen LogP contribution in [-0.4, -0.2) is 93.4 Å². The Labute approximate surface area is 264 Å². The average Bonchev–Trinajstić information content (AvgIpc) is 3.05. The van der Waals surface area contributed by atoms with Crippen molar-refractivity contribution in [1.82, 2.24) is 15.1 Å². The molecule has 44 heavy (non-hydrogen) atoms. The van der Waals surface area contributed by atoms with Crippen LogP contribution in [0.5, 0.6) is 5.75 Å². The number of amides is 4. The first-order valence-electron chi connectivity index (χ1n) is 15.5. The molecule has 0 radical (unpaired) electrons. The Bertz CT molecular complexity index is 1310. The van der Waals surface area contributed by atoms with Gasteiger partial charge >= 0.3 is 6.03 Å². The molecule has 0 spiro atoms. The second-order valence-corrected chi connectivity index (χ2v) is 12.4. The summed E-state index contributed by atoms with van der Waals surface area (Å²) in [6, 6.07) is 12.7. The summed E-state index contributed by atoms with van der Waals surface area (Å²) in [6.07, 6.45) is 4.94. The summed E-state index contributed by atoms with van der Waals surface area (Å²) in [5.41, 5.74) is 1.77. The molecule has 4 amide bonds. The Kier molecular flexibility index (Phi) is 10.8. The molecular weight excluding hydrogens is 584 g/mol. The molecule has 0 unspecified atom stereocenters. The van der Waals surface area contributed by atoms with Crippen LogP contribution in [0.25, 0.3) is 0 Å². The Hall–Kier alpha value is -3.18. The Morgan fingerprint density at radius 1 is 1.00 bits per heavy atom. The van der Waals surface area contributed by atoms with E-state index >= 15 is 0 Å². The zero-order valence-electron chi connectivity index (χ0n) is 25.7. The van der Waals surface area contributed by atoms with E-state index in [1.807, 2.05) is 17.0 Å². The van der Waals surface area contributed by atoms with Crippen LogP contribution >= 0.6 is 11.6 Å². The summed E-state index contributed by atoms with van der Waals surface area (Å²) in [5.74, 6) is 1.11. The Balaban J connectivity index is 1.04. The van der Waals surface area contributed by atoms with Gasteiger partial charge in [-0.15, -0.1) is 0 Å². The van der Waals surface area contributed by atoms with Gasteiger partial charge in [0, 0.05) is 51.9 Å². The highest BCUT2D eigenvalue weighted by Crippen LogP contribution is 2.31. The number of urea groups is 1. The van der Waals surface area contributed by atoms with Gasteiger partial charge in [0.2, 0.25) is 5.91 Å². The van der Waals surface area contributed by atoms with E-state index in [-0.39, 0.29) is 24.8 Å². The molecule has 5 rings (SSSR count).